The predicted octanol–water partition coefficient (Wildman–Crippen LogP) is 12.8. The van der Waals surface area contributed by atoms with Gasteiger partial charge in [-0.15, -0.1) is 0 Å². The van der Waals surface area contributed by atoms with Crippen molar-refractivity contribution in [3.8, 4) is 0 Å². The van der Waals surface area contributed by atoms with Gasteiger partial charge in [0.15, 0.2) is 0 Å². The SMILES string of the molecule is CC(C)(C)OC(=O)N(Cc1ccc(Cl)cc1)c1ccc(C(O)c2c[nH]c3ncccc23)c(Cl)n1.OC(c1ccc(NCc2ccc(Cl)cc2)nc1Cl)c1c[nH]c2ncccc12.c1cnc2[nH]ccc2c1. The van der Waals surface area contributed by atoms with Crippen LogP contribution in [0.25, 0.3) is 33.1 Å². The first kappa shape index (κ1) is 49.4. The molecule has 18 heteroatoms. The average Bonchev–Trinajstić information content (AvgIpc) is 4.13. The third-order valence-corrected chi connectivity index (χ3v) is 11.8. The number of hydrogen-bond donors (Lipinski definition) is 6. The van der Waals surface area contributed by atoms with Gasteiger partial charge in [-0.25, -0.2) is 29.7 Å². The summed E-state index contributed by atoms with van der Waals surface area (Å²) in [6.07, 6.45) is 7.98. The van der Waals surface area contributed by atoms with Crippen LogP contribution in [0.15, 0.2) is 152 Å². The number of anilines is 2. The van der Waals surface area contributed by atoms with Crippen LogP contribution in [-0.4, -0.2) is 61.8 Å². The van der Waals surface area contributed by atoms with E-state index >= 15 is 0 Å². The second kappa shape index (κ2) is 22.1. The quantitative estimate of drug-likeness (QED) is 0.0718. The van der Waals surface area contributed by atoms with Gasteiger partial charge in [-0.1, -0.05) is 70.7 Å². The molecule has 8 aromatic heterocycles. The van der Waals surface area contributed by atoms with Crippen molar-refractivity contribution in [1.82, 2.24) is 39.9 Å². The van der Waals surface area contributed by atoms with Crippen molar-refractivity contribution in [3.63, 3.8) is 0 Å². The van der Waals surface area contributed by atoms with E-state index in [-0.39, 0.29) is 16.9 Å². The number of rotatable bonds is 10. The molecule has 0 saturated heterocycles. The summed E-state index contributed by atoms with van der Waals surface area (Å²) in [6.45, 7) is 6.17. The number of halogens is 4. The van der Waals surface area contributed by atoms with Crippen LogP contribution in [0.3, 0.4) is 0 Å². The van der Waals surface area contributed by atoms with Crippen LogP contribution in [0.5, 0.6) is 0 Å². The molecule has 2 unspecified atom stereocenters. The number of benzene rings is 2. The van der Waals surface area contributed by atoms with Crippen LogP contribution in [0, 0.1) is 0 Å². The Labute approximate surface area is 422 Å². The molecule has 14 nitrogen and oxygen atoms in total. The Morgan fingerprint density at radius 2 is 1.16 bits per heavy atom. The first-order valence-electron chi connectivity index (χ1n) is 21.8. The molecule has 6 N–H and O–H groups in total. The Morgan fingerprint density at radius 1 is 0.629 bits per heavy atom. The van der Waals surface area contributed by atoms with E-state index in [1.165, 1.54) is 4.90 Å². The molecule has 2 atom stereocenters. The van der Waals surface area contributed by atoms with Gasteiger partial charge in [0, 0.05) is 92.2 Å². The molecule has 356 valence electrons. The third kappa shape index (κ3) is 12.2. The van der Waals surface area contributed by atoms with Crippen molar-refractivity contribution in [3.05, 3.63) is 206 Å². The van der Waals surface area contributed by atoms with Gasteiger partial charge in [0.05, 0.1) is 6.54 Å². The molecule has 0 aliphatic heterocycles. The van der Waals surface area contributed by atoms with E-state index in [2.05, 4.69) is 45.2 Å². The molecule has 0 radical (unpaired) electrons. The highest BCUT2D eigenvalue weighted by Crippen LogP contribution is 2.34. The molecule has 10 aromatic rings. The minimum atomic E-state index is -1.03. The summed E-state index contributed by atoms with van der Waals surface area (Å²) in [5.41, 5.74) is 5.85. The fraction of sp³-hybridized carbons (Fsp3) is 0.154. The average molecular weight is 1020 g/mol. The number of ether oxygens (including phenoxy) is 1. The standard InChI is InChI=1S/C25H24Cl2N4O3.C20H16Cl2N4O.C7H6N2/c1-25(2,3)34-24(33)31(14-15-6-8-16(26)9-7-15)20-11-10-18(22(27)30-20)21(32)19-13-29-23-17(19)5-4-12-28-23;21-13-5-3-12(4-6-13)10-24-17-8-7-15(19(22)26-17)18(27)16-11-25-20-14(16)2-1-9-23-20;1-2-6-3-5-9-7(6)8-4-1/h4-13,21,32H,14H2,1-3H3,(H,28,29);1-9,11,18,27H,10H2,(H,23,25)(H,24,26);1-5H,(H,8,9). The lowest BCUT2D eigenvalue weighted by atomic mass is 10.0. The van der Waals surface area contributed by atoms with Gasteiger partial charge in [-0.2, -0.15) is 0 Å². The molecule has 0 saturated carbocycles. The van der Waals surface area contributed by atoms with E-state index in [4.69, 9.17) is 51.1 Å². The summed E-state index contributed by atoms with van der Waals surface area (Å²) >= 11 is 24.7. The number of fused-ring (bicyclic) bond motifs is 3. The summed E-state index contributed by atoms with van der Waals surface area (Å²) < 4.78 is 5.59. The number of aliphatic hydroxyl groups excluding tert-OH is 2. The van der Waals surface area contributed by atoms with Gasteiger partial charge in [-0.05, 0) is 123 Å². The van der Waals surface area contributed by atoms with E-state index in [1.54, 1.807) is 94.2 Å². The van der Waals surface area contributed by atoms with Crippen LogP contribution < -0.4 is 10.2 Å². The van der Waals surface area contributed by atoms with Crippen molar-refractivity contribution >= 4 is 97.2 Å². The summed E-state index contributed by atoms with van der Waals surface area (Å²) in [7, 11) is 0. The van der Waals surface area contributed by atoms with Crippen LogP contribution in [0.4, 0.5) is 16.4 Å². The highest BCUT2D eigenvalue weighted by Gasteiger charge is 2.27. The lowest BCUT2D eigenvalue weighted by molar-refractivity contribution is 0.0576. The maximum Gasteiger partial charge on any atom is 0.416 e. The second-order valence-corrected chi connectivity index (χ2v) is 18.4. The largest absolute Gasteiger partial charge is 0.443 e. The van der Waals surface area contributed by atoms with E-state index in [1.807, 2.05) is 79.0 Å². The Kier molecular flexibility index (Phi) is 15.6. The summed E-state index contributed by atoms with van der Waals surface area (Å²) in [6, 6.07) is 34.9. The summed E-state index contributed by atoms with van der Waals surface area (Å²) in [4.78, 5) is 44.9. The molecule has 1 amide bonds. The molecular formula is C52H46Cl4N10O4. The number of carbonyl (C=O) groups is 1. The van der Waals surface area contributed by atoms with Gasteiger partial charge < -0.3 is 35.2 Å². The van der Waals surface area contributed by atoms with Crippen LogP contribution >= 0.6 is 46.4 Å². The number of nitrogens with zero attached hydrogens (tertiary/aromatic N) is 6. The molecule has 0 fully saturated rings. The summed E-state index contributed by atoms with van der Waals surface area (Å²) in [5.74, 6) is 0.928. The number of aromatic nitrogens is 8. The molecule has 0 aliphatic carbocycles. The third-order valence-electron chi connectivity index (χ3n) is 10.7. The van der Waals surface area contributed by atoms with E-state index < -0.39 is 23.9 Å². The van der Waals surface area contributed by atoms with Gasteiger partial charge in [-0.3, -0.25) is 4.90 Å². The highest BCUT2D eigenvalue weighted by molar-refractivity contribution is 6.31. The van der Waals surface area contributed by atoms with Gasteiger partial charge in [0.2, 0.25) is 0 Å². The number of H-pyrrole nitrogens is 3. The molecule has 0 spiro atoms. The molecule has 70 heavy (non-hydrogen) atoms. The Hall–Kier alpha value is -7.04. The number of hydrogen-bond acceptors (Lipinski definition) is 10. The minimum absolute atomic E-state index is 0.0768. The smallest absolute Gasteiger partial charge is 0.416 e. The first-order chi connectivity index (χ1) is 33.7. The van der Waals surface area contributed by atoms with Crippen molar-refractivity contribution in [2.45, 2.75) is 51.7 Å². The molecule has 0 aliphatic rings. The fourth-order valence-corrected chi connectivity index (χ4v) is 8.05. The molecule has 8 heterocycles. The zero-order valence-electron chi connectivity index (χ0n) is 37.9. The monoisotopic (exact) mass is 1010 g/mol. The van der Waals surface area contributed by atoms with Crippen molar-refractivity contribution in [2.24, 2.45) is 0 Å². The molecule has 0 bridgehead atoms. The second-order valence-electron chi connectivity index (χ2n) is 16.8. The van der Waals surface area contributed by atoms with Gasteiger partial charge in [0.1, 0.15) is 56.7 Å². The number of aromatic amines is 3. The lowest BCUT2D eigenvalue weighted by Crippen LogP contribution is -2.37. The maximum atomic E-state index is 13.0. The van der Waals surface area contributed by atoms with Crippen molar-refractivity contribution in [2.75, 3.05) is 10.2 Å². The molecular weight excluding hydrogens is 970 g/mol. The lowest BCUT2D eigenvalue weighted by Gasteiger charge is -2.27. The van der Waals surface area contributed by atoms with E-state index in [0.29, 0.717) is 56.1 Å². The zero-order valence-corrected chi connectivity index (χ0v) is 40.9. The normalized spacial score (nSPS) is 12.1. The van der Waals surface area contributed by atoms with E-state index in [0.717, 1.165) is 38.6 Å². The van der Waals surface area contributed by atoms with Crippen LogP contribution in [0.1, 0.15) is 66.4 Å². The minimum Gasteiger partial charge on any atom is -0.443 e. The molecule has 10 rings (SSSR count). The summed E-state index contributed by atoms with van der Waals surface area (Å²) in [5, 5.41) is 29.4. The first-order valence-corrected chi connectivity index (χ1v) is 23.4. The predicted molar refractivity (Wildman–Crippen MR) is 278 cm³/mol. The highest BCUT2D eigenvalue weighted by atomic mass is 35.5. The van der Waals surface area contributed by atoms with Gasteiger partial charge in [0.25, 0.3) is 0 Å². The number of aliphatic hydroxyl groups is 2. The number of amides is 1. The van der Waals surface area contributed by atoms with Crippen LogP contribution in [-0.2, 0) is 17.8 Å². The maximum absolute atomic E-state index is 13.0. The molecule has 2 aromatic carbocycles. The van der Waals surface area contributed by atoms with Gasteiger partial charge >= 0.3 is 6.09 Å². The number of carbonyl (C=O) groups excluding carboxylic acids is 1. The Bertz CT molecular complexity index is 3330. The van der Waals surface area contributed by atoms with Crippen molar-refractivity contribution < 1.29 is 19.7 Å². The van der Waals surface area contributed by atoms with Crippen LogP contribution in [0.2, 0.25) is 20.4 Å². The van der Waals surface area contributed by atoms with Crippen molar-refractivity contribution in [1.29, 1.82) is 0 Å². The van der Waals surface area contributed by atoms with E-state index in [9.17, 15) is 15.0 Å². The number of pyridine rings is 5. The fourth-order valence-electron chi connectivity index (χ4n) is 7.29. The number of nitrogens with one attached hydrogen (secondary N) is 4. The Balaban J connectivity index is 0.000000162. The topological polar surface area (TPSA) is 194 Å². The Morgan fingerprint density at radius 3 is 1.70 bits per heavy atom. The zero-order chi connectivity index (χ0) is 49.4.